The molecule has 1 saturated carbocycles. The van der Waals surface area contributed by atoms with Crippen LogP contribution in [0.3, 0.4) is 0 Å². The van der Waals surface area contributed by atoms with Gasteiger partial charge in [-0.3, -0.25) is 4.79 Å². The molecule has 0 spiro atoms. The molecule has 1 aliphatic carbocycles. The lowest BCUT2D eigenvalue weighted by atomic mass is 10.3. The molecule has 0 saturated heterocycles. The summed E-state index contributed by atoms with van der Waals surface area (Å²) in [6, 6.07) is 1.27. The normalized spacial score (nSPS) is 16.9. The SMILES string of the molecule is O=c1cc(CO)occ1OC1CCCC1. The van der Waals surface area contributed by atoms with E-state index in [0.29, 0.717) is 0 Å². The molecule has 82 valence electrons. The molecule has 0 aliphatic heterocycles. The van der Waals surface area contributed by atoms with Gasteiger partial charge in [0, 0.05) is 6.07 Å². The molecule has 0 amide bonds. The lowest BCUT2D eigenvalue weighted by Crippen LogP contribution is -2.16. The van der Waals surface area contributed by atoms with Gasteiger partial charge in [-0.15, -0.1) is 0 Å². The van der Waals surface area contributed by atoms with Crippen LogP contribution in [0.5, 0.6) is 5.75 Å². The molecule has 0 unspecified atom stereocenters. The summed E-state index contributed by atoms with van der Waals surface area (Å²) < 4.78 is 10.5. The maximum absolute atomic E-state index is 11.5. The maximum atomic E-state index is 11.5. The highest BCUT2D eigenvalue weighted by Gasteiger charge is 2.18. The topological polar surface area (TPSA) is 59.7 Å². The number of hydrogen-bond donors (Lipinski definition) is 1. The van der Waals surface area contributed by atoms with E-state index in [1.807, 2.05) is 0 Å². The third kappa shape index (κ3) is 2.39. The smallest absolute Gasteiger partial charge is 0.227 e. The van der Waals surface area contributed by atoms with E-state index in [9.17, 15) is 4.79 Å². The second-order valence-corrected chi connectivity index (χ2v) is 3.76. The number of ether oxygens (including phenoxy) is 1. The summed E-state index contributed by atoms with van der Waals surface area (Å²) in [5.41, 5.74) is -0.225. The van der Waals surface area contributed by atoms with E-state index in [0.717, 1.165) is 25.7 Å². The van der Waals surface area contributed by atoms with Crippen LogP contribution in [0.4, 0.5) is 0 Å². The van der Waals surface area contributed by atoms with Crippen molar-refractivity contribution in [3.63, 3.8) is 0 Å². The quantitative estimate of drug-likeness (QED) is 0.820. The van der Waals surface area contributed by atoms with Gasteiger partial charge in [-0.05, 0) is 25.7 Å². The minimum absolute atomic E-state index is 0.146. The first kappa shape index (κ1) is 10.2. The number of rotatable bonds is 3. The Morgan fingerprint density at radius 2 is 2.20 bits per heavy atom. The van der Waals surface area contributed by atoms with Gasteiger partial charge < -0.3 is 14.3 Å². The number of hydrogen-bond acceptors (Lipinski definition) is 4. The molecule has 1 aromatic rings. The van der Waals surface area contributed by atoms with Crippen molar-refractivity contribution in [1.82, 2.24) is 0 Å². The molecule has 4 nitrogen and oxygen atoms in total. The Balaban J connectivity index is 2.11. The molecule has 1 heterocycles. The second-order valence-electron chi connectivity index (χ2n) is 3.76. The van der Waals surface area contributed by atoms with Crippen molar-refractivity contribution in [3.8, 4) is 5.75 Å². The van der Waals surface area contributed by atoms with Crippen molar-refractivity contribution in [2.24, 2.45) is 0 Å². The molecule has 1 aliphatic rings. The average molecular weight is 210 g/mol. The lowest BCUT2D eigenvalue weighted by molar-refractivity contribution is 0.196. The van der Waals surface area contributed by atoms with Crippen molar-refractivity contribution in [1.29, 1.82) is 0 Å². The lowest BCUT2D eigenvalue weighted by Gasteiger charge is -2.11. The van der Waals surface area contributed by atoms with Crippen molar-refractivity contribution in [2.75, 3.05) is 0 Å². The van der Waals surface area contributed by atoms with Crippen LogP contribution in [-0.2, 0) is 6.61 Å². The summed E-state index contributed by atoms with van der Waals surface area (Å²) in [6.07, 6.45) is 5.75. The van der Waals surface area contributed by atoms with Crippen LogP contribution in [0.1, 0.15) is 31.4 Å². The summed E-state index contributed by atoms with van der Waals surface area (Å²) in [5.74, 6) is 0.512. The summed E-state index contributed by atoms with van der Waals surface area (Å²) in [6.45, 7) is -0.265. The Morgan fingerprint density at radius 1 is 1.47 bits per heavy atom. The van der Waals surface area contributed by atoms with Crippen LogP contribution in [0, 0.1) is 0 Å². The average Bonchev–Trinajstić information content (AvgIpc) is 2.74. The van der Waals surface area contributed by atoms with Gasteiger partial charge in [0.15, 0.2) is 0 Å². The Hall–Kier alpha value is -1.29. The van der Waals surface area contributed by atoms with E-state index in [2.05, 4.69) is 0 Å². The summed E-state index contributed by atoms with van der Waals surface area (Å²) in [4.78, 5) is 11.5. The molecule has 1 aromatic heterocycles. The van der Waals surface area contributed by atoms with Crippen molar-refractivity contribution in [2.45, 2.75) is 38.4 Å². The third-order valence-corrected chi connectivity index (χ3v) is 2.60. The molecular formula is C11H14O4. The summed E-state index contributed by atoms with van der Waals surface area (Å²) in [5, 5.41) is 8.76. The van der Waals surface area contributed by atoms with Crippen LogP contribution in [0.25, 0.3) is 0 Å². The molecule has 0 bridgehead atoms. The van der Waals surface area contributed by atoms with Crippen molar-refractivity contribution in [3.05, 3.63) is 28.3 Å². The van der Waals surface area contributed by atoms with Crippen molar-refractivity contribution < 1.29 is 14.3 Å². The zero-order valence-corrected chi connectivity index (χ0v) is 8.44. The minimum atomic E-state index is -0.265. The van der Waals surface area contributed by atoms with E-state index in [1.165, 1.54) is 12.3 Å². The predicted octanol–water partition coefficient (Wildman–Crippen LogP) is 1.45. The van der Waals surface area contributed by atoms with Gasteiger partial charge >= 0.3 is 0 Å². The van der Waals surface area contributed by atoms with Crippen LogP contribution in [0.2, 0.25) is 0 Å². The second kappa shape index (κ2) is 4.49. The Bertz CT molecular complexity index is 376. The van der Waals surface area contributed by atoms with Gasteiger partial charge in [-0.2, -0.15) is 0 Å². The van der Waals surface area contributed by atoms with Crippen LogP contribution in [0.15, 0.2) is 21.5 Å². The summed E-state index contributed by atoms with van der Waals surface area (Å²) >= 11 is 0. The molecule has 1 N–H and O–H groups in total. The molecule has 4 heteroatoms. The van der Waals surface area contributed by atoms with Gasteiger partial charge in [-0.1, -0.05) is 0 Å². The highest BCUT2D eigenvalue weighted by atomic mass is 16.5. The fourth-order valence-corrected chi connectivity index (χ4v) is 1.79. The fraction of sp³-hybridized carbons (Fsp3) is 0.545. The molecule has 0 atom stereocenters. The van der Waals surface area contributed by atoms with Gasteiger partial charge in [0.2, 0.25) is 11.2 Å². The Morgan fingerprint density at radius 3 is 2.80 bits per heavy atom. The monoisotopic (exact) mass is 210 g/mol. The zero-order chi connectivity index (χ0) is 10.7. The zero-order valence-electron chi connectivity index (χ0n) is 8.44. The van der Waals surface area contributed by atoms with Gasteiger partial charge in [0.25, 0.3) is 0 Å². The highest BCUT2D eigenvalue weighted by molar-refractivity contribution is 5.17. The first-order valence-electron chi connectivity index (χ1n) is 5.19. The van der Waals surface area contributed by atoms with Gasteiger partial charge in [0.1, 0.15) is 18.6 Å². The highest BCUT2D eigenvalue weighted by Crippen LogP contribution is 2.22. The minimum Gasteiger partial charge on any atom is -0.483 e. The van der Waals surface area contributed by atoms with E-state index in [1.54, 1.807) is 0 Å². The Labute approximate surface area is 87.5 Å². The first-order valence-corrected chi connectivity index (χ1v) is 5.19. The van der Waals surface area contributed by atoms with E-state index in [4.69, 9.17) is 14.3 Å². The first-order chi connectivity index (χ1) is 7.29. The molecule has 2 rings (SSSR count). The summed E-state index contributed by atoms with van der Waals surface area (Å²) in [7, 11) is 0. The number of aliphatic hydroxyl groups is 1. The van der Waals surface area contributed by atoms with Crippen LogP contribution < -0.4 is 10.2 Å². The molecular weight excluding hydrogens is 196 g/mol. The van der Waals surface area contributed by atoms with E-state index in [-0.39, 0.29) is 29.6 Å². The van der Waals surface area contributed by atoms with Crippen molar-refractivity contribution >= 4 is 0 Å². The fourth-order valence-electron chi connectivity index (χ4n) is 1.79. The molecule has 0 aromatic carbocycles. The molecule has 15 heavy (non-hydrogen) atoms. The standard InChI is InChI=1S/C11H14O4/c12-6-9-5-10(13)11(7-14-9)15-8-3-1-2-4-8/h5,7-8,12H,1-4,6H2. The Kier molecular flexibility index (Phi) is 3.06. The maximum Gasteiger partial charge on any atom is 0.227 e. The molecule has 0 radical (unpaired) electrons. The van der Waals surface area contributed by atoms with Crippen LogP contribution in [-0.4, -0.2) is 11.2 Å². The van der Waals surface area contributed by atoms with E-state index >= 15 is 0 Å². The van der Waals surface area contributed by atoms with Gasteiger partial charge in [-0.25, -0.2) is 0 Å². The van der Waals surface area contributed by atoms with Gasteiger partial charge in [0.05, 0.1) is 6.10 Å². The molecule has 1 fully saturated rings. The van der Waals surface area contributed by atoms with E-state index < -0.39 is 0 Å². The largest absolute Gasteiger partial charge is 0.483 e. The number of aliphatic hydroxyl groups excluding tert-OH is 1. The third-order valence-electron chi connectivity index (χ3n) is 2.60. The van der Waals surface area contributed by atoms with Crippen LogP contribution >= 0.6 is 0 Å². The predicted molar refractivity (Wildman–Crippen MR) is 53.8 cm³/mol.